The molecule has 60 valence electrons. The number of aromatic amines is 2. The zero-order chi connectivity index (χ0) is 7.52. The molecule has 11 heavy (non-hydrogen) atoms. The summed E-state index contributed by atoms with van der Waals surface area (Å²) in [5, 5.41) is 13.0. The largest absolute Gasteiger partial charge is 0.399 e. The highest BCUT2D eigenvalue weighted by molar-refractivity contribution is 5.20. The van der Waals surface area contributed by atoms with Crippen LogP contribution in [0.4, 0.5) is 5.95 Å². The van der Waals surface area contributed by atoms with Crippen LogP contribution in [0.3, 0.4) is 0 Å². The van der Waals surface area contributed by atoms with E-state index >= 15 is 0 Å². The third kappa shape index (κ3) is 1.31. The van der Waals surface area contributed by atoms with Crippen molar-refractivity contribution in [2.24, 2.45) is 0 Å². The van der Waals surface area contributed by atoms with E-state index in [-0.39, 0.29) is 0 Å². The first-order valence-electron chi connectivity index (χ1n) is 4.00. The number of hydrogen-bond acceptors (Lipinski definition) is 3. The van der Waals surface area contributed by atoms with E-state index in [1.165, 1.54) is 19.3 Å². The molecule has 1 aliphatic heterocycles. The predicted octanol–water partition coefficient (Wildman–Crippen LogP) is -0.391. The molecule has 0 bridgehead atoms. The topological polar surface area (TPSA) is 59.0 Å². The molecule has 5 heteroatoms. The minimum atomic E-state index is 0.865. The quantitative estimate of drug-likeness (QED) is 0.599. The first-order chi connectivity index (χ1) is 5.47. The lowest BCUT2D eigenvalue weighted by Crippen LogP contribution is -2.33. The molecule has 0 atom stereocenters. The fourth-order valence-corrected chi connectivity index (χ4v) is 1.42. The molecule has 2 heterocycles. The van der Waals surface area contributed by atoms with E-state index in [0.717, 1.165) is 19.0 Å². The van der Waals surface area contributed by atoms with Crippen LogP contribution < -0.4 is 10.00 Å². The molecule has 0 aromatic carbocycles. The second-order valence-electron chi connectivity index (χ2n) is 2.81. The lowest BCUT2D eigenvalue weighted by atomic mass is 10.1. The van der Waals surface area contributed by atoms with Gasteiger partial charge >= 0.3 is 5.95 Å². The first-order valence-corrected chi connectivity index (χ1v) is 4.00. The van der Waals surface area contributed by atoms with Crippen molar-refractivity contribution in [1.82, 2.24) is 15.5 Å². The van der Waals surface area contributed by atoms with E-state index in [1.807, 2.05) is 0 Å². The van der Waals surface area contributed by atoms with Gasteiger partial charge in [-0.2, -0.15) is 5.10 Å². The van der Waals surface area contributed by atoms with E-state index in [2.05, 4.69) is 25.5 Å². The molecular weight excluding hydrogens is 142 g/mol. The molecular formula is C6H12N5+. The van der Waals surface area contributed by atoms with Crippen LogP contribution in [0.5, 0.6) is 0 Å². The number of nitrogens with zero attached hydrogens (tertiary/aromatic N) is 3. The Labute approximate surface area is 64.8 Å². The van der Waals surface area contributed by atoms with E-state index in [1.54, 1.807) is 0 Å². The number of anilines is 1. The minimum Gasteiger partial charge on any atom is -0.278 e. The maximum atomic E-state index is 3.90. The summed E-state index contributed by atoms with van der Waals surface area (Å²) in [6.07, 6.45) is 3.87. The van der Waals surface area contributed by atoms with Crippen molar-refractivity contribution in [3.05, 3.63) is 0 Å². The Morgan fingerprint density at radius 1 is 1.27 bits per heavy atom. The van der Waals surface area contributed by atoms with Crippen LogP contribution in [0.15, 0.2) is 0 Å². The molecule has 0 aliphatic carbocycles. The van der Waals surface area contributed by atoms with Gasteiger partial charge in [-0.25, -0.2) is 0 Å². The van der Waals surface area contributed by atoms with Crippen molar-refractivity contribution in [2.75, 3.05) is 18.0 Å². The lowest BCUT2D eigenvalue weighted by Gasteiger charge is -2.19. The summed E-state index contributed by atoms with van der Waals surface area (Å²) in [7, 11) is 0. The average molecular weight is 154 g/mol. The number of hydrogen-bond donors (Lipinski definition) is 1. The fourth-order valence-electron chi connectivity index (χ4n) is 1.42. The van der Waals surface area contributed by atoms with E-state index < -0.39 is 0 Å². The average Bonchev–Trinajstić information content (AvgIpc) is 2.58. The highest BCUT2D eigenvalue weighted by atomic mass is 15.5. The van der Waals surface area contributed by atoms with Crippen LogP contribution in [0.1, 0.15) is 19.3 Å². The molecule has 1 saturated heterocycles. The Hall–Kier alpha value is -1.13. The van der Waals surface area contributed by atoms with Gasteiger partial charge in [-0.3, -0.25) is 4.90 Å². The van der Waals surface area contributed by atoms with E-state index in [0.29, 0.717) is 0 Å². The molecule has 1 aromatic heterocycles. The molecule has 0 saturated carbocycles. The molecule has 1 aromatic rings. The van der Waals surface area contributed by atoms with Gasteiger partial charge in [0.2, 0.25) is 0 Å². The van der Waals surface area contributed by atoms with Crippen LogP contribution in [-0.4, -0.2) is 28.6 Å². The third-order valence-corrected chi connectivity index (χ3v) is 2.02. The van der Waals surface area contributed by atoms with Crippen molar-refractivity contribution >= 4 is 5.95 Å². The van der Waals surface area contributed by atoms with E-state index in [4.69, 9.17) is 0 Å². The summed E-state index contributed by atoms with van der Waals surface area (Å²) in [6.45, 7) is 2.20. The summed E-state index contributed by atoms with van der Waals surface area (Å²) < 4.78 is 0. The molecule has 5 nitrogen and oxygen atoms in total. The SMILES string of the molecule is C1CCN(c2nn[nH][nH+]2)CC1. The molecule has 0 radical (unpaired) electrons. The van der Waals surface area contributed by atoms with Crippen molar-refractivity contribution in [1.29, 1.82) is 0 Å². The third-order valence-electron chi connectivity index (χ3n) is 2.02. The molecule has 2 rings (SSSR count). The number of nitrogens with one attached hydrogen (secondary N) is 2. The zero-order valence-corrected chi connectivity index (χ0v) is 6.38. The number of piperidine rings is 1. The summed E-state index contributed by atoms with van der Waals surface area (Å²) in [6, 6.07) is 0. The maximum Gasteiger partial charge on any atom is 0.399 e. The highest BCUT2D eigenvalue weighted by Crippen LogP contribution is 2.11. The Morgan fingerprint density at radius 2 is 2.09 bits per heavy atom. The molecule has 0 amide bonds. The van der Waals surface area contributed by atoms with Crippen LogP contribution in [0.25, 0.3) is 0 Å². The van der Waals surface area contributed by atoms with Gasteiger partial charge in [-0.05, 0) is 19.3 Å². The van der Waals surface area contributed by atoms with Crippen LogP contribution in [-0.2, 0) is 0 Å². The smallest absolute Gasteiger partial charge is 0.278 e. The normalized spacial score (nSPS) is 18.7. The van der Waals surface area contributed by atoms with Gasteiger partial charge < -0.3 is 0 Å². The van der Waals surface area contributed by atoms with E-state index in [9.17, 15) is 0 Å². The predicted molar refractivity (Wildman–Crippen MR) is 39.0 cm³/mol. The number of H-pyrrole nitrogens is 2. The van der Waals surface area contributed by atoms with Gasteiger partial charge in [0, 0.05) is 0 Å². The first kappa shape index (κ1) is 6.57. The Balaban J connectivity index is 2.04. The maximum absolute atomic E-state index is 3.90. The highest BCUT2D eigenvalue weighted by Gasteiger charge is 2.19. The number of tetrazole rings is 1. The Bertz CT molecular complexity index is 201. The van der Waals surface area contributed by atoms with Crippen molar-refractivity contribution in [3.8, 4) is 0 Å². The summed E-state index contributed by atoms with van der Waals surface area (Å²) in [5.74, 6) is 0.865. The van der Waals surface area contributed by atoms with Gasteiger partial charge in [-0.15, -0.1) is 5.21 Å². The van der Waals surface area contributed by atoms with Gasteiger partial charge in [0.1, 0.15) is 5.21 Å². The second-order valence-corrected chi connectivity index (χ2v) is 2.81. The van der Waals surface area contributed by atoms with Crippen molar-refractivity contribution in [2.45, 2.75) is 19.3 Å². The summed E-state index contributed by atoms with van der Waals surface area (Å²) in [5.41, 5.74) is 0. The summed E-state index contributed by atoms with van der Waals surface area (Å²) >= 11 is 0. The Kier molecular flexibility index (Phi) is 1.71. The zero-order valence-electron chi connectivity index (χ0n) is 6.38. The van der Waals surface area contributed by atoms with Gasteiger partial charge in [-0.1, -0.05) is 0 Å². The minimum absolute atomic E-state index is 0.865. The van der Waals surface area contributed by atoms with Crippen LogP contribution in [0, 0.1) is 0 Å². The van der Waals surface area contributed by atoms with Crippen LogP contribution in [0.2, 0.25) is 0 Å². The van der Waals surface area contributed by atoms with Gasteiger partial charge in [0.15, 0.2) is 0 Å². The summed E-state index contributed by atoms with van der Waals surface area (Å²) in [4.78, 5) is 2.22. The number of rotatable bonds is 1. The molecule has 1 fully saturated rings. The molecule has 2 N–H and O–H groups in total. The molecule has 0 spiro atoms. The van der Waals surface area contributed by atoms with Crippen LogP contribution >= 0.6 is 0 Å². The van der Waals surface area contributed by atoms with Crippen molar-refractivity contribution < 1.29 is 5.10 Å². The standard InChI is InChI=1S/C6H11N5/c1-2-4-11(5-3-1)6-7-9-10-8-6/h1-5H2,(H,7,8,9,10)/p+1. The number of aromatic nitrogens is 4. The molecule has 0 unspecified atom stereocenters. The second kappa shape index (κ2) is 2.86. The monoisotopic (exact) mass is 154 g/mol. The molecule has 1 aliphatic rings. The van der Waals surface area contributed by atoms with Crippen molar-refractivity contribution in [3.63, 3.8) is 0 Å². The lowest BCUT2D eigenvalue weighted by molar-refractivity contribution is -0.443. The van der Waals surface area contributed by atoms with Gasteiger partial charge in [0.05, 0.1) is 18.2 Å². The Morgan fingerprint density at radius 3 is 2.73 bits per heavy atom. The van der Waals surface area contributed by atoms with Gasteiger partial charge in [0.25, 0.3) is 0 Å². The fraction of sp³-hybridized carbons (Fsp3) is 0.833.